The number of hydrogen-bond donors (Lipinski definition) is 1. The molecule has 0 amide bonds. The molecule has 0 aromatic carbocycles. The van der Waals surface area contributed by atoms with E-state index in [4.69, 9.17) is 5.73 Å². The Morgan fingerprint density at radius 3 is 2.00 bits per heavy atom. The van der Waals surface area contributed by atoms with Crippen molar-refractivity contribution >= 4 is 9.84 Å². The normalized spacial score (nSPS) is 13.8. The summed E-state index contributed by atoms with van der Waals surface area (Å²) < 4.78 is 22.8. The van der Waals surface area contributed by atoms with Crippen molar-refractivity contribution in [3.05, 3.63) is 0 Å². The summed E-state index contributed by atoms with van der Waals surface area (Å²) >= 11 is 0. The molecule has 0 unspecified atom stereocenters. The number of nitrogens with two attached hydrogens (primary N) is 1. The Hall–Kier alpha value is -0.0900. The Labute approximate surface area is 75.3 Å². The van der Waals surface area contributed by atoms with Crippen LogP contribution in [0.5, 0.6) is 0 Å². The van der Waals surface area contributed by atoms with E-state index in [0.717, 1.165) is 0 Å². The standard InChI is InChI=1S/C8H19NO2S/c1-7(2)5-12(10,11)6-8(3,4)9/h7H,5-6,9H2,1-4H3. The van der Waals surface area contributed by atoms with E-state index in [1.807, 2.05) is 13.8 Å². The number of hydrogen-bond acceptors (Lipinski definition) is 3. The molecule has 0 radical (unpaired) electrons. The van der Waals surface area contributed by atoms with Gasteiger partial charge in [-0.1, -0.05) is 13.8 Å². The largest absolute Gasteiger partial charge is 0.325 e. The predicted octanol–water partition coefficient (Wildman–Crippen LogP) is 0.794. The van der Waals surface area contributed by atoms with Crippen molar-refractivity contribution in [1.29, 1.82) is 0 Å². The molecule has 0 aliphatic carbocycles. The molecule has 0 spiro atoms. The second-order valence-electron chi connectivity index (χ2n) is 4.44. The molecule has 0 aliphatic heterocycles. The van der Waals surface area contributed by atoms with Crippen molar-refractivity contribution in [3.8, 4) is 0 Å². The SMILES string of the molecule is CC(C)CS(=O)(=O)CC(C)(C)N. The van der Waals surface area contributed by atoms with Crippen LogP contribution in [-0.4, -0.2) is 25.5 Å². The quantitative estimate of drug-likeness (QED) is 0.718. The van der Waals surface area contributed by atoms with Gasteiger partial charge in [-0.3, -0.25) is 0 Å². The average molecular weight is 193 g/mol. The minimum Gasteiger partial charge on any atom is -0.325 e. The maximum absolute atomic E-state index is 11.4. The fourth-order valence-corrected chi connectivity index (χ4v) is 3.40. The van der Waals surface area contributed by atoms with E-state index in [-0.39, 0.29) is 17.4 Å². The molecule has 0 fully saturated rings. The summed E-state index contributed by atoms with van der Waals surface area (Å²) in [5.41, 5.74) is 5.00. The van der Waals surface area contributed by atoms with E-state index in [2.05, 4.69) is 0 Å². The van der Waals surface area contributed by atoms with Crippen molar-refractivity contribution in [2.75, 3.05) is 11.5 Å². The second kappa shape index (κ2) is 3.75. The fourth-order valence-electron chi connectivity index (χ4n) is 1.13. The van der Waals surface area contributed by atoms with Crippen molar-refractivity contribution < 1.29 is 8.42 Å². The molecule has 2 N–H and O–H groups in total. The third kappa shape index (κ3) is 6.61. The van der Waals surface area contributed by atoms with Gasteiger partial charge in [-0.15, -0.1) is 0 Å². The van der Waals surface area contributed by atoms with Gasteiger partial charge in [0.05, 0.1) is 11.5 Å². The molecule has 0 saturated heterocycles. The van der Waals surface area contributed by atoms with Crippen molar-refractivity contribution in [3.63, 3.8) is 0 Å². The first kappa shape index (κ1) is 11.9. The number of sulfone groups is 1. The first-order chi connectivity index (χ1) is 5.12. The maximum atomic E-state index is 11.4. The fraction of sp³-hybridized carbons (Fsp3) is 1.00. The molecule has 0 aromatic rings. The molecular formula is C8H19NO2S. The van der Waals surface area contributed by atoms with E-state index in [0.29, 0.717) is 0 Å². The van der Waals surface area contributed by atoms with Gasteiger partial charge in [0, 0.05) is 5.54 Å². The van der Waals surface area contributed by atoms with Gasteiger partial charge in [-0.2, -0.15) is 0 Å². The van der Waals surface area contributed by atoms with Gasteiger partial charge in [-0.25, -0.2) is 8.42 Å². The smallest absolute Gasteiger partial charge is 0.152 e. The zero-order chi connectivity index (χ0) is 9.99. The van der Waals surface area contributed by atoms with E-state index >= 15 is 0 Å². The van der Waals surface area contributed by atoms with Crippen LogP contribution in [0.2, 0.25) is 0 Å². The summed E-state index contributed by atoms with van der Waals surface area (Å²) in [7, 11) is -2.96. The van der Waals surface area contributed by atoms with Crippen LogP contribution in [0.1, 0.15) is 27.7 Å². The first-order valence-electron chi connectivity index (χ1n) is 4.12. The topological polar surface area (TPSA) is 60.2 Å². The molecule has 0 rings (SSSR count). The van der Waals surface area contributed by atoms with Crippen LogP contribution >= 0.6 is 0 Å². The highest BCUT2D eigenvalue weighted by molar-refractivity contribution is 7.91. The van der Waals surface area contributed by atoms with Gasteiger partial charge in [-0.05, 0) is 19.8 Å². The lowest BCUT2D eigenvalue weighted by Crippen LogP contribution is -2.41. The van der Waals surface area contributed by atoms with Crippen molar-refractivity contribution in [1.82, 2.24) is 0 Å². The second-order valence-corrected chi connectivity index (χ2v) is 6.55. The highest BCUT2D eigenvalue weighted by atomic mass is 32.2. The molecule has 4 heteroatoms. The molecule has 0 heterocycles. The van der Waals surface area contributed by atoms with Gasteiger partial charge in [0.25, 0.3) is 0 Å². The third-order valence-corrected chi connectivity index (χ3v) is 3.54. The maximum Gasteiger partial charge on any atom is 0.152 e. The van der Waals surface area contributed by atoms with Crippen LogP contribution in [0.15, 0.2) is 0 Å². The first-order valence-corrected chi connectivity index (χ1v) is 5.94. The zero-order valence-electron chi connectivity index (χ0n) is 8.29. The molecule has 0 atom stereocenters. The van der Waals surface area contributed by atoms with Crippen LogP contribution in [0.4, 0.5) is 0 Å². The van der Waals surface area contributed by atoms with E-state index < -0.39 is 15.4 Å². The van der Waals surface area contributed by atoms with Gasteiger partial charge in [0.15, 0.2) is 9.84 Å². The summed E-state index contributed by atoms with van der Waals surface area (Å²) in [4.78, 5) is 0. The van der Waals surface area contributed by atoms with Crippen LogP contribution in [-0.2, 0) is 9.84 Å². The Morgan fingerprint density at radius 1 is 1.33 bits per heavy atom. The van der Waals surface area contributed by atoms with Gasteiger partial charge < -0.3 is 5.73 Å². The van der Waals surface area contributed by atoms with E-state index in [1.165, 1.54) is 0 Å². The molecule has 3 nitrogen and oxygen atoms in total. The molecule has 0 bridgehead atoms. The Morgan fingerprint density at radius 2 is 1.75 bits per heavy atom. The minimum atomic E-state index is -2.96. The molecule has 12 heavy (non-hydrogen) atoms. The lowest BCUT2D eigenvalue weighted by Gasteiger charge is -2.18. The van der Waals surface area contributed by atoms with Gasteiger partial charge in [0.1, 0.15) is 0 Å². The Bertz CT molecular complexity index is 224. The lowest BCUT2D eigenvalue weighted by atomic mass is 10.1. The highest BCUT2D eigenvalue weighted by Crippen LogP contribution is 2.07. The molecule has 0 aliphatic rings. The molecule has 0 saturated carbocycles. The minimum absolute atomic E-state index is 0.0676. The van der Waals surface area contributed by atoms with Gasteiger partial charge >= 0.3 is 0 Å². The van der Waals surface area contributed by atoms with Gasteiger partial charge in [0.2, 0.25) is 0 Å². The molecule has 0 aromatic heterocycles. The van der Waals surface area contributed by atoms with E-state index in [1.54, 1.807) is 13.8 Å². The molecule has 74 valence electrons. The van der Waals surface area contributed by atoms with Crippen LogP contribution in [0, 0.1) is 5.92 Å². The van der Waals surface area contributed by atoms with Crippen molar-refractivity contribution in [2.45, 2.75) is 33.2 Å². The summed E-state index contributed by atoms with van der Waals surface area (Å²) in [5.74, 6) is 0.476. The highest BCUT2D eigenvalue weighted by Gasteiger charge is 2.22. The van der Waals surface area contributed by atoms with Crippen LogP contribution in [0.3, 0.4) is 0 Å². The summed E-state index contributed by atoms with van der Waals surface area (Å²) in [5, 5.41) is 0. The number of rotatable bonds is 4. The predicted molar refractivity (Wildman–Crippen MR) is 51.8 cm³/mol. The summed E-state index contributed by atoms with van der Waals surface area (Å²) in [6, 6.07) is 0. The summed E-state index contributed by atoms with van der Waals surface area (Å²) in [6.07, 6.45) is 0. The third-order valence-electron chi connectivity index (χ3n) is 1.18. The zero-order valence-corrected chi connectivity index (χ0v) is 9.11. The average Bonchev–Trinajstić information content (AvgIpc) is 1.48. The lowest BCUT2D eigenvalue weighted by molar-refractivity contribution is 0.537. The molecular weight excluding hydrogens is 174 g/mol. The summed E-state index contributed by atoms with van der Waals surface area (Å²) in [6.45, 7) is 7.23. The van der Waals surface area contributed by atoms with E-state index in [9.17, 15) is 8.42 Å². The Kier molecular flexibility index (Phi) is 3.72. The monoisotopic (exact) mass is 193 g/mol. The van der Waals surface area contributed by atoms with Crippen molar-refractivity contribution in [2.24, 2.45) is 11.7 Å². The van der Waals surface area contributed by atoms with Crippen LogP contribution < -0.4 is 5.73 Å². The Balaban J connectivity index is 4.26. The van der Waals surface area contributed by atoms with Crippen LogP contribution in [0.25, 0.3) is 0 Å².